The van der Waals surface area contributed by atoms with Crippen LogP contribution in [0.1, 0.15) is 33.1 Å². The maximum absolute atomic E-state index is 9.97. The minimum absolute atomic E-state index is 0.159. The van der Waals surface area contributed by atoms with E-state index < -0.39 is 0 Å². The molecule has 0 bridgehead atoms. The third-order valence-electron chi connectivity index (χ3n) is 4.64. The molecule has 1 N–H and O–H groups in total. The monoisotopic (exact) mass is 240 g/mol. The molecule has 2 fully saturated rings. The topological polar surface area (TPSA) is 26.7 Å². The lowest BCUT2D eigenvalue weighted by Gasteiger charge is -2.46. The van der Waals surface area contributed by atoms with Gasteiger partial charge in [-0.25, -0.2) is 0 Å². The number of fused-ring (bicyclic) bond motifs is 1. The summed E-state index contributed by atoms with van der Waals surface area (Å²) >= 11 is 0. The molecule has 0 aliphatic carbocycles. The molecule has 2 aliphatic rings. The quantitative estimate of drug-likeness (QED) is 0.808. The van der Waals surface area contributed by atoms with Crippen LogP contribution in [0, 0.1) is 11.8 Å². The van der Waals surface area contributed by atoms with Crippen LogP contribution in [0.2, 0.25) is 0 Å². The molecule has 3 nitrogen and oxygen atoms in total. The largest absolute Gasteiger partial charge is 0.392 e. The van der Waals surface area contributed by atoms with E-state index >= 15 is 0 Å². The van der Waals surface area contributed by atoms with Crippen LogP contribution in [0.3, 0.4) is 0 Å². The highest BCUT2D eigenvalue weighted by atomic mass is 16.3. The molecule has 0 amide bonds. The van der Waals surface area contributed by atoms with Crippen LogP contribution < -0.4 is 0 Å². The van der Waals surface area contributed by atoms with Crippen LogP contribution in [0.25, 0.3) is 0 Å². The van der Waals surface area contributed by atoms with Gasteiger partial charge in [0, 0.05) is 19.1 Å². The molecule has 100 valence electrons. The Morgan fingerprint density at radius 2 is 2.00 bits per heavy atom. The van der Waals surface area contributed by atoms with Gasteiger partial charge in [-0.1, -0.05) is 13.8 Å². The number of nitrogens with zero attached hydrogens (tertiary/aromatic N) is 2. The van der Waals surface area contributed by atoms with Crippen molar-refractivity contribution >= 4 is 0 Å². The highest BCUT2D eigenvalue weighted by Crippen LogP contribution is 2.29. The third-order valence-corrected chi connectivity index (χ3v) is 4.64. The summed E-state index contributed by atoms with van der Waals surface area (Å²) in [7, 11) is 2.27. The molecule has 2 heterocycles. The standard InChI is InChI=1S/C14H28N2O/c1-11(2)14(17)10-16-8-6-13-12(9-16)5-4-7-15(13)3/h11-14,17H,4-10H2,1-3H3. The van der Waals surface area contributed by atoms with Gasteiger partial charge in [-0.05, 0) is 51.2 Å². The van der Waals surface area contributed by atoms with E-state index in [1.54, 1.807) is 0 Å². The molecular formula is C14H28N2O. The Morgan fingerprint density at radius 1 is 1.24 bits per heavy atom. The van der Waals surface area contributed by atoms with Gasteiger partial charge in [-0.15, -0.1) is 0 Å². The van der Waals surface area contributed by atoms with Gasteiger partial charge >= 0.3 is 0 Å². The van der Waals surface area contributed by atoms with E-state index in [4.69, 9.17) is 0 Å². The van der Waals surface area contributed by atoms with E-state index in [1.165, 1.54) is 32.4 Å². The van der Waals surface area contributed by atoms with Crippen molar-refractivity contribution in [2.24, 2.45) is 11.8 Å². The van der Waals surface area contributed by atoms with Crippen molar-refractivity contribution in [3.8, 4) is 0 Å². The maximum atomic E-state index is 9.97. The number of hydrogen-bond donors (Lipinski definition) is 1. The van der Waals surface area contributed by atoms with E-state index in [9.17, 15) is 5.11 Å². The van der Waals surface area contributed by atoms with Crippen molar-refractivity contribution in [2.45, 2.75) is 45.3 Å². The Balaban J connectivity index is 1.85. The number of aliphatic hydroxyl groups excluding tert-OH is 1. The Labute approximate surface area is 106 Å². The molecule has 0 saturated carbocycles. The van der Waals surface area contributed by atoms with Gasteiger partial charge in [-0.2, -0.15) is 0 Å². The fourth-order valence-corrected chi connectivity index (χ4v) is 3.37. The van der Waals surface area contributed by atoms with Gasteiger partial charge in [0.15, 0.2) is 0 Å². The summed E-state index contributed by atoms with van der Waals surface area (Å²) < 4.78 is 0. The fourth-order valence-electron chi connectivity index (χ4n) is 3.37. The van der Waals surface area contributed by atoms with Gasteiger partial charge in [-0.3, -0.25) is 0 Å². The number of likely N-dealkylation sites (tertiary alicyclic amines) is 2. The molecule has 17 heavy (non-hydrogen) atoms. The van der Waals surface area contributed by atoms with E-state index in [0.29, 0.717) is 5.92 Å². The highest BCUT2D eigenvalue weighted by molar-refractivity contribution is 4.89. The van der Waals surface area contributed by atoms with Crippen molar-refractivity contribution in [3.05, 3.63) is 0 Å². The maximum Gasteiger partial charge on any atom is 0.0689 e. The third kappa shape index (κ3) is 3.21. The SMILES string of the molecule is CC(C)C(O)CN1CCC2C(CCCN2C)C1. The van der Waals surface area contributed by atoms with E-state index in [2.05, 4.69) is 30.7 Å². The summed E-state index contributed by atoms with van der Waals surface area (Å²) in [6.07, 6.45) is 3.85. The second-order valence-corrected chi connectivity index (χ2v) is 6.31. The van der Waals surface area contributed by atoms with Gasteiger partial charge in [0.05, 0.1) is 6.10 Å². The van der Waals surface area contributed by atoms with Gasteiger partial charge in [0.2, 0.25) is 0 Å². The normalized spacial score (nSPS) is 33.7. The molecule has 3 unspecified atom stereocenters. The predicted octanol–water partition coefficient (Wildman–Crippen LogP) is 1.42. The number of hydrogen-bond acceptors (Lipinski definition) is 3. The molecule has 3 atom stereocenters. The summed E-state index contributed by atoms with van der Waals surface area (Å²) in [5.74, 6) is 1.21. The zero-order valence-corrected chi connectivity index (χ0v) is 11.6. The first-order valence-electron chi connectivity index (χ1n) is 7.18. The van der Waals surface area contributed by atoms with E-state index in [-0.39, 0.29) is 6.10 Å². The first-order chi connectivity index (χ1) is 8.08. The Bertz CT molecular complexity index is 244. The van der Waals surface area contributed by atoms with Crippen LogP contribution in [-0.2, 0) is 0 Å². The van der Waals surface area contributed by atoms with E-state index in [1.807, 2.05) is 0 Å². The number of piperidine rings is 2. The van der Waals surface area contributed by atoms with Gasteiger partial charge < -0.3 is 14.9 Å². The average molecular weight is 240 g/mol. The first-order valence-corrected chi connectivity index (χ1v) is 7.18. The van der Waals surface area contributed by atoms with Crippen LogP contribution >= 0.6 is 0 Å². The summed E-state index contributed by atoms with van der Waals surface area (Å²) in [6, 6.07) is 0.802. The highest BCUT2D eigenvalue weighted by Gasteiger charge is 2.34. The second kappa shape index (κ2) is 5.68. The molecule has 2 rings (SSSR count). The van der Waals surface area contributed by atoms with Gasteiger partial charge in [0.25, 0.3) is 0 Å². The zero-order valence-electron chi connectivity index (χ0n) is 11.6. The summed E-state index contributed by atoms with van der Waals surface area (Å²) in [6.45, 7) is 8.70. The number of aliphatic hydroxyl groups is 1. The lowest BCUT2D eigenvalue weighted by Crippen LogP contribution is -2.54. The summed E-state index contributed by atoms with van der Waals surface area (Å²) in [5.41, 5.74) is 0. The Kier molecular flexibility index (Phi) is 4.45. The predicted molar refractivity (Wildman–Crippen MR) is 71.0 cm³/mol. The molecule has 0 radical (unpaired) electrons. The van der Waals surface area contributed by atoms with E-state index in [0.717, 1.165) is 25.0 Å². The Hall–Kier alpha value is -0.120. The summed E-state index contributed by atoms with van der Waals surface area (Å²) in [4.78, 5) is 5.02. The van der Waals surface area contributed by atoms with Gasteiger partial charge in [0.1, 0.15) is 0 Å². The molecular weight excluding hydrogens is 212 g/mol. The van der Waals surface area contributed by atoms with Crippen LogP contribution in [0.5, 0.6) is 0 Å². The molecule has 0 aromatic carbocycles. The average Bonchev–Trinajstić information content (AvgIpc) is 2.29. The fraction of sp³-hybridized carbons (Fsp3) is 1.00. The van der Waals surface area contributed by atoms with Crippen LogP contribution in [0.4, 0.5) is 0 Å². The summed E-state index contributed by atoms with van der Waals surface area (Å²) in [5, 5.41) is 9.97. The van der Waals surface area contributed by atoms with Crippen molar-refractivity contribution in [2.75, 3.05) is 33.2 Å². The minimum atomic E-state index is -0.159. The van der Waals surface area contributed by atoms with Crippen molar-refractivity contribution in [1.29, 1.82) is 0 Å². The molecule has 2 saturated heterocycles. The van der Waals surface area contributed by atoms with Crippen molar-refractivity contribution in [1.82, 2.24) is 9.80 Å². The number of β-amino-alcohol motifs (C(OH)–C–C–N with tert-alkyl or cyclic N) is 1. The molecule has 0 aromatic heterocycles. The molecule has 3 heteroatoms. The number of rotatable bonds is 3. The molecule has 2 aliphatic heterocycles. The smallest absolute Gasteiger partial charge is 0.0689 e. The second-order valence-electron chi connectivity index (χ2n) is 6.31. The Morgan fingerprint density at radius 3 is 2.71 bits per heavy atom. The van der Waals surface area contributed by atoms with Crippen molar-refractivity contribution < 1.29 is 5.11 Å². The van der Waals surface area contributed by atoms with Crippen LogP contribution in [-0.4, -0.2) is 60.3 Å². The minimum Gasteiger partial charge on any atom is -0.392 e. The van der Waals surface area contributed by atoms with Crippen LogP contribution in [0.15, 0.2) is 0 Å². The molecule has 0 aromatic rings. The lowest BCUT2D eigenvalue weighted by molar-refractivity contribution is 0.00833. The first kappa shape index (κ1) is 13.3. The van der Waals surface area contributed by atoms with Crippen molar-refractivity contribution in [3.63, 3.8) is 0 Å². The lowest BCUT2D eigenvalue weighted by atomic mass is 9.84. The zero-order chi connectivity index (χ0) is 12.4. The molecule has 0 spiro atoms.